The molecular weight excluding hydrogens is 280 g/mol. The number of hydrogen-bond donors (Lipinski definition) is 0. The quantitative estimate of drug-likeness (QED) is 0.849. The molecule has 2 heterocycles. The molecule has 0 unspecified atom stereocenters. The topological polar surface area (TPSA) is 83.0 Å². The van der Waals surface area contributed by atoms with E-state index in [4.69, 9.17) is 9.78 Å². The Balaban J connectivity index is 1.63. The zero-order valence-corrected chi connectivity index (χ0v) is 12.3. The number of carbonyl (C=O) groups excluding carboxylic acids is 1. The molecule has 1 aromatic heterocycles. The minimum Gasteiger partial charge on any atom is -0.339 e. The first-order valence-electron chi connectivity index (χ1n) is 7.27. The van der Waals surface area contributed by atoms with Crippen LogP contribution in [0.15, 0.2) is 28.8 Å². The molecule has 0 spiro atoms. The third-order valence-corrected chi connectivity index (χ3v) is 3.94. The maximum absolute atomic E-state index is 12.4. The number of piperidine rings is 1. The lowest BCUT2D eigenvalue weighted by Gasteiger charge is -2.30. The van der Waals surface area contributed by atoms with E-state index in [9.17, 15) is 4.79 Å². The highest BCUT2D eigenvalue weighted by atomic mass is 16.5. The summed E-state index contributed by atoms with van der Waals surface area (Å²) in [5.74, 6) is 1.55. The number of benzene rings is 1. The fourth-order valence-corrected chi connectivity index (χ4v) is 2.68. The Hall–Kier alpha value is -2.68. The SMILES string of the molecule is Cc1noc(C2CCN(C(=O)c3ccc(C#N)cc3)CC2)n1. The molecule has 0 saturated carbocycles. The van der Waals surface area contributed by atoms with E-state index in [1.54, 1.807) is 31.2 Å². The van der Waals surface area contributed by atoms with Gasteiger partial charge in [0.15, 0.2) is 5.82 Å². The van der Waals surface area contributed by atoms with Crippen LogP contribution in [-0.4, -0.2) is 34.0 Å². The van der Waals surface area contributed by atoms with Gasteiger partial charge in [0.25, 0.3) is 5.91 Å². The van der Waals surface area contributed by atoms with Crippen molar-refractivity contribution < 1.29 is 9.32 Å². The molecule has 1 saturated heterocycles. The fourth-order valence-electron chi connectivity index (χ4n) is 2.68. The summed E-state index contributed by atoms with van der Waals surface area (Å²) in [6.45, 7) is 3.15. The first kappa shape index (κ1) is 14.3. The van der Waals surface area contributed by atoms with E-state index in [2.05, 4.69) is 16.2 Å². The van der Waals surface area contributed by atoms with Crippen molar-refractivity contribution in [2.45, 2.75) is 25.7 Å². The van der Waals surface area contributed by atoms with Crippen LogP contribution in [0.25, 0.3) is 0 Å². The van der Waals surface area contributed by atoms with Crippen LogP contribution < -0.4 is 0 Å². The van der Waals surface area contributed by atoms with Gasteiger partial charge in [-0.15, -0.1) is 0 Å². The van der Waals surface area contributed by atoms with Crippen molar-refractivity contribution in [3.8, 4) is 6.07 Å². The van der Waals surface area contributed by atoms with Gasteiger partial charge in [0.1, 0.15) is 0 Å². The second-order valence-corrected chi connectivity index (χ2v) is 5.44. The number of rotatable bonds is 2. The number of hydrogen-bond acceptors (Lipinski definition) is 5. The zero-order chi connectivity index (χ0) is 15.5. The summed E-state index contributed by atoms with van der Waals surface area (Å²) in [5.41, 5.74) is 1.17. The molecule has 2 aromatic rings. The largest absolute Gasteiger partial charge is 0.339 e. The van der Waals surface area contributed by atoms with Crippen molar-refractivity contribution in [2.75, 3.05) is 13.1 Å². The molecule has 0 radical (unpaired) electrons. The van der Waals surface area contributed by atoms with E-state index in [0.29, 0.717) is 35.9 Å². The van der Waals surface area contributed by atoms with Crippen molar-refractivity contribution >= 4 is 5.91 Å². The number of aromatic nitrogens is 2. The van der Waals surface area contributed by atoms with Gasteiger partial charge in [-0.1, -0.05) is 5.16 Å². The van der Waals surface area contributed by atoms with Crippen LogP contribution in [0.5, 0.6) is 0 Å². The molecular formula is C16H16N4O2. The number of carbonyl (C=O) groups is 1. The average molecular weight is 296 g/mol. The molecule has 3 rings (SSSR count). The number of amides is 1. The molecule has 0 aliphatic carbocycles. The van der Waals surface area contributed by atoms with Gasteiger partial charge in [0.05, 0.1) is 11.6 Å². The molecule has 1 fully saturated rings. The minimum atomic E-state index is 0.00431. The summed E-state index contributed by atoms with van der Waals surface area (Å²) in [5, 5.41) is 12.6. The van der Waals surface area contributed by atoms with Gasteiger partial charge in [-0.25, -0.2) is 0 Å². The molecule has 1 aliphatic rings. The summed E-state index contributed by atoms with van der Waals surface area (Å²) in [6.07, 6.45) is 1.65. The van der Waals surface area contributed by atoms with Crippen molar-refractivity contribution in [3.63, 3.8) is 0 Å². The molecule has 6 heteroatoms. The highest BCUT2D eigenvalue weighted by molar-refractivity contribution is 5.94. The van der Waals surface area contributed by atoms with E-state index in [-0.39, 0.29) is 11.8 Å². The zero-order valence-electron chi connectivity index (χ0n) is 12.3. The summed E-state index contributed by atoms with van der Waals surface area (Å²) in [4.78, 5) is 18.5. The molecule has 0 bridgehead atoms. The van der Waals surface area contributed by atoms with E-state index < -0.39 is 0 Å². The molecule has 0 atom stereocenters. The second-order valence-electron chi connectivity index (χ2n) is 5.44. The Morgan fingerprint density at radius 3 is 2.55 bits per heavy atom. The molecule has 1 aromatic carbocycles. The van der Waals surface area contributed by atoms with Crippen LogP contribution >= 0.6 is 0 Å². The van der Waals surface area contributed by atoms with E-state index >= 15 is 0 Å². The number of aryl methyl sites for hydroxylation is 1. The standard InChI is InChI=1S/C16H16N4O2/c1-11-18-15(22-19-11)13-6-8-20(9-7-13)16(21)14-4-2-12(10-17)3-5-14/h2-5,13H,6-9H2,1H3. The van der Waals surface area contributed by atoms with Crippen molar-refractivity contribution in [2.24, 2.45) is 0 Å². The molecule has 22 heavy (non-hydrogen) atoms. The first-order valence-corrected chi connectivity index (χ1v) is 7.27. The Labute approximate surface area is 128 Å². The Morgan fingerprint density at radius 2 is 2.00 bits per heavy atom. The van der Waals surface area contributed by atoms with Gasteiger partial charge in [0, 0.05) is 24.6 Å². The molecule has 6 nitrogen and oxygen atoms in total. The summed E-state index contributed by atoms with van der Waals surface area (Å²) >= 11 is 0. The highest BCUT2D eigenvalue weighted by Crippen LogP contribution is 2.27. The molecule has 1 aliphatic heterocycles. The second kappa shape index (κ2) is 5.98. The lowest BCUT2D eigenvalue weighted by atomic mass is 9.96. The Bertz CT molecular complexity index is 706. The highest BCUT2D eigenvalue weighted by Gasteiger charge is 2.27. The number of nitrogens with zero attached hydrogens (tertiary/aromatic N) is 4. The maximum Gasteiger partial charge on any atom is 0.253 e. The third kappa shape index (κ3) is 2.84. The van der Waals surface area contributed by atoms with Crippen LogP contribution in [0, 0.1) is 18.3 Å². The van der Waals surface area contributed by atoms with E-state index in [1.165, 1.54) is 0 Å². The predicted molar refractivity (Wildman–Crippen MR) is 78.1 cm³/mol. The van der Waals surface area contributed by atoms with Gasteiger partial charge in [-0.2, -0.15) is 10.2 Å². The lowest BCUT2D eigenvalue weighted by Crippen LogP contribution is -2.38. The Kier molecular flexibility index (Phi) is 3.88. The van der Waals surface area contributed by atoms with Gasteiger partial charge in [-0.05, 0) is 44.0 Å². The average Bonchev–Trinajstić information content (AvgIpc) is 3.01. The van der Waals surface area contributed by atoms with Gasteiger partial charge in [-0.3, -0.25) is 4.79 Å². The fraction of sp³-hybridized carbons (Fsp3) is 0.375. The number of nitriles is 1. The van der Waals surface area contributed by atoms with Gasteiger partial charge >= 0.3 is 0 Å². The van der Waals surface area contributed by atoms with Crippen LogP contribution in [0.2, 0.25) is 0 Å². The van der Waals surface area contributed by atoms with Crippen LogP contribution in [-0.2, 0) is 0 Å². The van der Waals surface area contributed by atoms with E-state index in [1.807, 2.05) is 4.90 Å². The van der Waals surface area contributed by atoms with Crippen LogP contribution in [0.4, 0.5) is 0 Å². The minimum absolute atomic E-state index is 0.00431. The summed E-state index contributed by atoms with van der Waals surface area (Å²) < 4.78 is 5.21. The smallest absolute Gasteiger partial charge is 0.253 e. The van der Waals surface area contributed by atoms with Crippen molar-refractivity contribution in [1.29, 1.82) is 5.26 Å². The normalized spacial score (nSPS) is 15.5. The lowest BCUT2D eigenvalue weighted by molar-refractivity contribution is 0.0704. The van der Waals surface area contributed by atoms with E-state index in [0.717, 1.165) is 12.8 Å². The monoisotopic (exact) mass is 296 g/mol. The van der Waals surface area contributed by atoms with Gasteiger partial charge in [0.2, 0.25) is 5.89 Å². The number of likely N-dealkylation sites (tertiary alicyclic amines) is 1. The van der Waals surface area contributed by atoms with Gasteiger partial charge < -0.3 is 9.42 Å². The van der Waals surface area contributed by atoms with Crippen molar-refractivity contribution in [3.05, 3.63) is 47.1 Å². The molecule has 0 N–H and O–H groups in total. The van der Waals surface area contributed by atoms with Crippen LogP contribution in [0.1, 0.15) is 46.4 Å². The maximum atomic E-state index is 12.4. The first-order chi connectivity index (χ1) is 10.7. The Morgan fingerprint density at radius 1 is 1.32 bits per heavy atom. The molecule has 112 valence electrons. The van der Waals surface area contributed by atoms with Crippen LogP contribution in [0.3, 0.4) is 0 Å². The molecule has 1 amide bonds. The summed E-state index contributed by atoms with van der Waals surface area (Å²) in [7, 11) is 0. The summed E-state index contributed by atoms with van der Waals surface area (Å²) in [6, 6.07) is 8.79. The predicted octanol–water partition coefficient (Wildman–Crippen LogP) is 2.27. The van der Waals surface area contributed by atoms with Crippen molar-refractivity contribution in [1.82, 2.24) is 15.0 Å². The third-order valence-electron chi connectivity index (χ3n) is 3.94.